The third kappa shape index (κ3) is 6.45. The molecule has 0 aliphatic carbocycles. The second kappa shape index (κ2) is 10.7. The van der Waals surface area contributed by atoms with Crippen LogP contribution in [0.3, 0.4) is 0 Å². The number of rotatable bonds is 9. The van der Waals surface area contributed by atoms with Crippen molar-refractivity contribution < 1.29 is 32.2 Å². The first-order chi connectivity index (χ1) is 15.7. The van der Waals surface area contributed by atoms with E-state index < -0.39 is 40.5 Å². The Bertz CT molecular complexity index is 1090. The van der Waals surface area contributed by atoms with Crippen LogP contribution in [0.4, 0.5) is 0 Å². The molecule has 2 atom stereocenters. The smallest absolute Gasteiger partial charge is 0.324 e. The van der Waals surface area contributed by atoms with E-state index in [2.05, 4.69) is 10.0 Å². The summed E-state index contributed by atoms with van der Waals surface area (Å²) in [5, 5.41) is 2.74. The van der Waals surface area contributed by atoms with E-state index in [9.17, 15) is 18.0 Å². The van der Waals surface area contributed by atoms with Crippen LogP contribution in [-0.4, -0.2) is 46.2 Å². The van der Waals surface area contributed by atoms with Gasteiger partial charge in [0.05, 0.1) is 10.9 Å². The highest BCUT2D eigenvalue weighted by Gasteiger charge is 2.31. The van der Waals surface area contributed by atoms with E-state index in [1.54, 1.807) is 13.8 Å². The van der Waals surface area contributed by atoms with Crippen LogP contribution in [0, 0.1) is 5.92 Å². The Hall–Kier alpha value is -3.11. The van der Waals surface area contributed by atoms with E-state index >= 15 is 0 Å². The zero-order valence-electron chi connectivity index (χ0n) is 18.7. The van der Waals surface area contributed by atoms with Crippen molar-refractivity contribution in [2.45, 2.75) is 37.8 Å². The summed E-state index contributed by atoms with van der Waals surface area (Å²) < 4.78 is 44.1. The molecule has 2 N–H and O–H groups in total. The molecule has 0 saturated carbocycles. The number of fused-ring (bicyclic) bond motifs is 1. The van der Waals surface area contributed by atoms with Gasteiger partial charge in [-0.15, -0.1) is 0 Å². The van der Waals surface area contributed by atoms with Gasteiger partial charge in [-0.05, 0) is 30.5 Å². The summed E-state index contributed by atoms with van der Waals surface area (Å²) in [7, 11) is -4.06. The molecule has 1 aliphatic rings. The first-order valence-electron chi connectivity index (χ1n) is 10.6. The van der Waals surface area contributed by atoms with Crippen molar-refractivity contribution in [3.63, 3.8) is 0 Å². The maximum Gasteiger partial charge on any atom is 0.324 e. The maximum atomic E-state index is 12.9. The van der Waals surface area contributed by atoms with Gasteiger partial charge < -0.3 is 19.5 Å². The number of carbonyl (C=O) groups excluding carboxylic acids is 2. The molecule has 0 spiro atoms. The van der Waals surface area contributed by atoms with Gasteiger partial charge in [0.15, 0.2) is 18.1 Å². The highest BCUT2D eigenvalue weighted by atomic mass is 32.2. The summed E-state index contributed by atoms with van der Waals surface area (Å²) in [6.45, 7) is 5.34. The molecular formula is C23H28N2O7S. The Morgan fingerprint density at radius 1 is 1.00 bits per heavy atom. The molecule has 1 heterocycles. The molecule has 0 saturated heterocycles. The number of sulfonamides is 1. The Morgan fingerprint density at radius 2 is 1.67 bits per heavy atom. The number of esters is 1. The third-order valence-electron chi connectivity index (χ3n) is 5.05. The molecule has 0 unspecified atom stereocenters. The van der Waals surface area contributed by atoms with Gasteiger partial charge in [-0.25, -0.2) is 8.42 Å². The van der Waals surface area contributed by atoms with Gasteiger partial charge in [0.25, 0.3) is 5.91 Å². The highest BCUT2D eigenvalue weighted by molar-refractivity contribution is 7.89. The van der Waals surface area contributed by atoms with Gasteiger partial charge >= 0.3 is 5.97 Å². The van der Waals surface area contributed by atoms with Crippen molar-refractivity contribution in [1.82, 2.24) is 10.0 Å². The summed E-state index contributed by atoms with van der Waals surface area (Å²) in [6.07, 6.45) is 0. The molecule has 178 valence electrons. The van der Waals surface area contributed by atoms with Gasteiger partial charge in [0.2, 0.25) is 10.0 Å². The molecule has 3 rings (SSSR count). The average molecular weight is 477 g/mol. The lowest BCUT2D eigenvalue weighted by molar-refractivity contribution is -0.151. The van der Waals surface area contributed by atoms with Gasteiger partial charge in [0, 0.05) is 6.07 Å². The van der Waals surface area contributed by atoms with Crippen LogP contribution in [0.5, 0.6) is 11.5 Å². The van der Waals surface area contributed by atoms with Crippen LogP contribution in [0.2, 0.25) is 0 Å². The minimum Gasteiger partial charge on any atom is -0.486 e. The molecule has 1 aliphatic heterocycles. The molecule has 0 radical (unpaired) electrons. The lowest BCUT2D eigenvalue weighted by Crippen LogP contribution is -2.46. The van der Waals surface area contributed by atoms with Gasteiger partial charge in [-0.1, -0.05) is 44.2 Å². The minimum atomic E-state index is -4.06. The van der Waals surface area contributed by atoms with Crippen LogP contribution in [-0.2, 0) is 24.3 Å². The summed E-state index contributed by atoms with van der Waals surface area (Å²) in [4.78, 5) is 24.8. The second-order valence-corrected chi connectivity index (χ2v) is 9.67. The number of carbonyl (C=O) groups is 2. The number of nitrogens with one attached hydrogen (secondary N) is 2. The molecule has 0 bridgehead atoms. The van der Waals surface area contributed by atoms with Crippen LogP contribution in [0.15, 0.2) is 53.4 Å². The first kappa shape index (κ1) is 24.5. The molecule has 2 aromatic rings. The van der Waals surface area contributed by atoms with Gasteiger partial charge in [-0.3, -0.25) is 9.59 Å². The fraction of sp³-hybridized carbons (Fsp3) is 0.391. The standard InChI is InChI=1S/C23H28N2O7S/c1-15(2)22(23(27)32-14-21(26)24-16(3)17-7-5-4-6-8-17)25-33(28,29)18-9-10-19-20(13-18)31-12-11-30-19/h4-10,13,15-16,22,25H,11-12,14H2,1-3H3,(H,24,26)/t16-,22+/m1/s1. The van der Waals surface area contributed by atoms with Crippen molar-refractivity contribution in [2.75, 3.05) is 19.8 Å². The predicted molar refractivity (Wildman–Crippen MR) is 120 cm³/mol. The molecule has 9 nitrogen and oxygen atoms in total. The number of hydrogen-bond donors (Lipinski definition) is 2. The molecular weight excluding hydrogens is 448 g/mol. The summed E-state index contributed by atoms with van der Waals surface area (Å²) in [5.41, 5.74) is 0.907. The molecule has 2 aromatic carbocycles. The van der Waals surface area contributed by atoms with E-state index in [0.717, 1.165) is 5.56 Å². The Kier molecular flexibility index (Phi) is 7.93. The van der Waals surface area contributed by atoms with Gasteiger partial charge in [-0.2, -0.15) is 4.72 Å². The van der Waals surface area contributed by atoms with Crippen molar-refractivity contribution in [3.8, 4) is 11.5 Å². The lowest BCUT2D eigenvalue weighted by atomic mass is 10.1. The van der Waals surface area contributed by atoms with Crippen LogP contribution in [0.25, 0.3) is 0 Å². The average Bonchev–Trinajstić information content (AvgIpc) is 2.81. The predicted octanol–water partition coefficient (Wildman–Crippen LogP) is 2.18. The zero-order valence-corrected chi connectivity index (χ0v) is 19.6. The van der Waals surface area contributed by atoms with Crippen molar-refractivity contribution in [3.05, 3.63) is 54.1 Å². The maximum absolute atomic E-state index is 12.9. The van der Waals surface area contributed by atoms with Crippen LogP contribution < -0.4 is 19.5 Å². The molecule has 0 fully saturated rings. The van der Waals surface area contributed by atoms with E-state index in [0.29, 0.717) is 24.7 Å². The number of benzene rings is 2. The van der Waals surface area contributed by atoms with E-state index in [-0.39, 0.29) is 10.9 Å². The number of hydrogen-bond acceptors (Lipinski definition) is 7. The fourth-order valence-electron chi connectivity index (χ4n) is 3.22. The van der Waals surface area contributed by atoms with E-state index in [4.69, 9.17) is 14.2 Å². The van der Waals surface area contributed by atoms with E-state index in [1.807, 2.05) is 37.3 Å². The van der Waals surface area contributed by atoms with Crippen molar-refractivity contribution >= 4 is 21.9 Å². The van der Waals surface area contributed by atoms with Crippen molar-refractivity contribution in [1.29, 1.82) is 0 Å². The molecule has 0 aromatic heterocycles. The Labute approximate surface area is 193 Å². The van der Waals surface area contributed by atoms with Gasteiger partial charge in [0.1, 0.15) is 19.3 Å². The SMILES string of the molecule is CC(C)[C@H](NS(=O)(=O)c1ccc2c(c1)OCCO2)C(=O)OCC(=O)N[C@H](C)c1ccccc1. The summed E-state index contributed by atoms with van der Waals surface area (Å²) >= 11 is 0. The molecule has 1 amide bonds. The zero-order chi connectivity index (χ0) is 24.0. The quantitative estimate of drug-likeness (QED) is 0.532. The van der Waals surface area contributed by atoms with E-state index in [1.165, 1.54) is 18.2 Å². The topological polar surface area (TPSA) is 120 Å². The van der Waals surface area contributed by atoms with Crippen molar-refractivity contribution in [2.24, 2.45) is 5.92 Å². The Balaban J connectivity index is 1.61. The normalized spacial score (nSPS) is 14.9. The number of ether oxygens (including phenoxy) is 3. The number of amides is 1. The van der Waals surface area contributed by atoms with Crippen LogP contribution >= 0.6 is 0 Å². The fourth-order valence-corrected chi connectivity index (χ4v) is 4.57. The third-order valence-corrected chi connectivity index (χ3v) is 6.49. The highest BCUT2D eigenvalue weighted by Crippen LogP contribution is 2.32. The Morgan fingerprint density at radius 3 is 2.33 bits per heavy atom. The van der Waals surface area contributed by atoms with Crippen LogP contribution in [0.1, 0.15) is 32.4 Å². The largest absolute Gasteiger partial charge is 0.486 e. The second-order valence-electron chi connectivity index (χ2n) is 7.96. The summed E-state index contributed by atoms with van der Waals surface area (Å²) in [6, 6.07) is 12.1. The molecule has 33 heavy (non-hydrogen) atoms. The monoisotopic (exact) mass is 476 g/mol. The lowest BCUT2D eigenvalue weighted by Gasteiger charge is -2.22. The first-order valence-corrected chi connectivity index (χ1v) is 12.1. The minimum absolute atomic E-state index is 0.0698. The summed E-state index contributed by atoms with van der Waals surface area (Å²) in [5.74, 6) is -0.978. The molecule has 10 heteroatoms.